The molecular weight excluding hydrogens is 273 g/mol. The van der Waals surface area contributed by atoms with Crippen molar-refractivity contribution in [1.82, 2.24) is 0 Å². The van der Waals surface area contributed by atoms with Crippen molar-refractivity contribution >= 4 is 11.7 Å². The summed E-state index contributed by atoms with van der Waals surface area (Å²) in [6.45, 7) is 2.63. The zero-order chi connectivity index (χ0) is 15.0. The van der Waals surface area contributed by atoms with E-state index in [1.807, 2.05) is 12.1 Å². The molecule has 5 heteroatoms. The fourth-order valence-electron chi connectivity index (χ4n) is 2.40. The lowest BCUT2D eigenvalue weighted by molar-refractivity contribution is 0.0692. The molecule has 2 N–H and O–H groups in total. The number of carboxylic acids is 1. The van der Waals surface area contributed by atoms with Crippen LogP contribution in [0.1, 0.15) is 41.1 Å². The molecule has 2 atom stereocenters. The number of anilines is 1. The van der Waals surface area contributed by atoms with Gasteiger partial charge in [-0.1, -0.05) is 6.92 Å². The van der Waals surface area contributed by atoms with E-state index in [4.69, 9.17) is 9.52 Å². The Balaban J connectivity index is 1.66. The maximum absolute atomic E-state index is 13.3. The molecule has 0 saturated heterocycles. The number of nitrogens with one attached hydrogen (secondary N) is 1. The van der Waals surface area contributed by atoms with Crippen molar-refractivity contribution in [3.63, 3.8) is 0 Å². The van der Waals surface area contributed by atoms with E-state index in [0.29, 0.717) is 24.1 Å². The molecule has 21 heavy (non-hydrogen) atoms. The van der Waals surface area contributed by atoms with Gasteiger partial charge in [0.05, 0.1) is 12.1 Å². The molecule has 4 nitrogen and oxygen atoms in total. The third kappa shape index (κ3) is 2.91. The third-order valence-corrected chi connectivity index (χ3v) is 3.82. The fraction of sp³-hybridized carbons (Fsp3) is 0.312. The van der Waals surface area contributed by atoms with E-state index in [-0.39, 0.29) is 5.56 Å². The zero-order valence-electron chi connectivity index (χ0n) is 11.6. The van der Waals surface area contributed by atoms with Crippen LogP contribution in [0.2, 0.25) is 0 Å². The van der Waals surface area contributed by atoms with Crippen LogP contribution in [0.15, 0.2) is 34.7 Å². The average Bonchev–Trinajstić information content (AvgIpc) is 3.00. The molecule has 0 aliphatic heterocycles. The smallest absolute Gasteiger partial charge is 0.338 e. The number of furan rings is 1. The normalized spacial score (nSPS) is 20.3. The molecular formula is C16H16FNO3. The molecule has 1 aliphatic rings. The molecule has 1 saturated carbocycles. The molecule has 1 fully saturated rings. The molecule has 3 rings (SSSR count). The highest BCUT2D eigenvalue weighted by molar-refractivity contribution is 5.89. The summed E-state index contributed by atoms with van der Waals surface area (Å²) in [6.07, 6.45) is 1.17. The van der Waals surface area contributed by atoms with E-state index in [2.05, 4.69) is 12.2 Å². The molecule has 1 aliphatic carbocycles. The van der Waals surface area contributed by atoms with Crippen LogP contribution in [-0.4, -0.2) is 11.1 Å². The second kappa shape index (κ2) is 5.24. The van der Waals surface area contributed by atoms with E-state index >= 15 is 0 Å². The Hall–Kier alpha value is -2.30. The van der Waals surface area contributed by atoms with Gasteiger partial charge in [-0.2, -0.15) is 0 Å². The topological polar surface area (TPSA) is 62.5 Å². The summed E-state index contributed by atoms with van der Waals surface area (Å²) in [7, 11) is 0. The van der Waals surface area contributed by atoms with Gasteiger partial charge >= 0.3 is 5.97 Å². The van der Waals surface area contributed by atoms with Gasteiger partial charge in [-0.15, -0.1) is 0 Å². The van der Waals surface area contributed by atoms with Crippen molar-refractivity contribution in [3.8, 4) is 0 Å². The number of carbonyl (C=O) groups is 1. The molecule has 110 valence electrons. The summed E-state index contributed by atoms with van der Waals surface area (Å²) in [6, 6.07) is 7.83. The van der Waals surface area contributed by atoms with Crippen LogP contribution in [0, 0.1) is 11.7 Å². The molecule has 0 amide bonds. The minimum absolute atomic E-state index is 0.341. The van der Waals surface area contributed by atoms with Gasteiger partial charge in [0.25, 0.3) is 0 Å². The highest BCUT2D eigenvalue weighted by atomic mass is 19.1. The number of aromatic carboxylic acids is 1. The van der Waals surface area contributed by atoms with Gasteiger partial charge in [-0.25, -0.2) is 9.18 Å². The Morgan fingerprint density at radius 1 is 1.43 bits per heavy atom. The van der Waals surface area contributed by atoms with Crippen LogP contribution in [0.4, 0.5) is 10.1 Å². The number of rotatable bonds is 5. The first-order valence-electron chi connectivity index (χ1n) is 6.90. The summed E-state index contributed by atoms with van der Waals surface area (Å²) >= 11 is 0. The highest BCUT2D eigenvalue weighted by Gasteiger charge is 2.36. The summed E-state index contributed by atoms with van der Waals surface area (Å²) in [5.41, 5.74) is 0.207. The maximum atomic E-state index is 13.3. The highest BCUT2D eigenvalue weighted by Crippen LogP contribution is 2.47. The molecule has 1 aromatic heterocycles. The Labute approximate surface area is 121 Å². The van der Waals surface area contributed by atoms with Gasteiger partial charge in [0.2, 0.25) is 0 Å². The van der Waals surface area contributed by atoms with E-state index < -0.39 is 11.8 Å². The first-order chi connectivity index (χ1) is 10.0. The van der Waals surface area contributed by atoms with E-state index in [1.165, 1.54) is 18.6 Å². The second-order valence-electron chi connectivity index (χ2n) is 5.48. The van der Waals surface area contributed by atoms with Crippen LogP contribution in [0.25, 0.3) is 0 Å². The van der Waals surface area contributed by atoms with Crippen LogP contribution < -0.4 is 5.32 Å². The average molecular weight is 289 g/mol. The predicted octanol–water partition coefficient (Wildman–Crippen LogP) is 3.85. The molecule has 0 bridgehead atoms. The van der Waals surface area contributed by atoms with Crippen molar-refractivity contribution in [2.75, 3.05) is 5.32 Å². The van der Waals surface area contributed by atoms with Gasteiger partial charge in [-0.3, -0.25) is 0 Å². The largest absolute Gasteiger partial charge is 0.478 e. The molecule has 2 unspecified atom stereocenters. The summed E-state index contributed by atoms with van der Waals surface area (Å²) < 4.78 is 19.0. The van der Waals surface area contributed by atoms with Gasteiger partial charge in [0.1, 0.15) is 17.3 Å². The minimum atomic E-state index is -1.28. The quantitative estimate of drug-likeness (QED) is 0.877. The Morgan fingerprint density at radius 3 is 2.86 bits per heavy atom. The minimum Gasteiger partial charge on any atom is -0.478 e. The molecule has 2 aromatic rings. The number of benzene rings is 1. The van der Waals surface area contributed by atoms with Gasteiger partial charge in [0.15, 0.2) is 0 Å². The molecule has 0 spiro atoms. The third-order valence-electron chi connectivity index (χ3n) is 3.82. The number of hydrogen-bond acceptors (Lipinski definition) is 3. The maximum Gasteiger partial charge on any atom is 0.338 e. The Morgan fingerprint density at radius 2 is 2.19 bits per heavy atom. The van der Waals surface area contributed by atoms with E-state index in [9.17, 15) is 9.18 Å². The first kappa shape index (κ1) is 13.7. The monoisotopic (exact) mass is 289 g/mol. The van der Waals surface area contributed by atoms with Gasteiger partial charge in [0, 0.05) is 11.6 Å². The Bertz CT molecular complexity index is 680. The lowest BCUT2D eigenvalue weighted by Gasteiger charge is -2.06. The van der Waals surface area contributed by atoms with Gasteiger partial charge < -0.3 is 14.8 Å². The first-order valence-corrected chi connectivity index (χ1v) is 6.90. The van der Waals surface area contributed by atoms with Crippen molar-refractivity contribution < 1.29 is 18.7 Å². The molecule has 0 radical (unpaired) electrons. The fourth-order valence-corrected chi connectivity index (χ4v) is 2.40. The standard InChI is InChI=1S/C16H16FNO3/c1-9-6-12(9)15-5-3-11(21-15)8-18-10-2-4-14(17)13(7-10)16(19)20/h2-5,7,9,12,18H,6,8H2,1H3,(H,19,20). The van der Waals surface area contributed by atoms with Crippen LogP contribution in [0.3, 0.4) is 0 Å². The second-order valence-corrected chi connectivity index (χ2v) is 5.48. The van der Waals surface area contributed by atoms with Crippen molar-refractivity contribution in [3.05, 3.63) is 53.2 Å². The summed E-state index contributed by atoms with van der Waals surface area (Å²) in [5, 5.41) is 11.9. The van der Waals surface area contributed by atoms with Crippen LogP contribution in [-0.2, 0) is 6.54 Å². The SMILES string of the molecule is CC1CC1c1ccc(CNc2ccc(F)c(C(=O)O)c2)o1. The lowest BCUT2D eigenvalue weighted by atomic mass is 10.2. The predicted molar refractivity (Wildman–Crippen MR) is 75.9 cm³/mol. The number of carboxylic acid groups (broad SMARTS) is 1. The van der Waals surface area contributed by atoms with E-state index in [1.54, 1.807) is 0 Å². The van der Waals surface area contributed by atoms with Crippen molar-refractivity contribution in [1.29, 1.82) is 0 Å². The number of halogens is 1. The van der Waals surface area contributed by atoms with E-state index in [0.717, 1.165) is 17.6 Å². The number of hydrogen-bond donors (Lipinski definition) is 2. The Kier molecular flexibility index (Phi) is 3.41. The lowest BCUT2D eigenvalue weighted by Crippen LogP contribution is -2.04. The van der Waals surface area contributed by atoms with Crippen molar-refractivity contribution in [2.45, 2.75) is 25.8 Å². The van der Waals surface area contributed by atoms with Gasteiger partial charge in [-0.05, 0) is 42.7 Å². The molecule has 1 heterocycles. The molecule has 1 aromatic carbocycles. The summed E-state index contributed by atoms with van der Waals surface area (Å²) in [4.78, 5) is 10.9. The van der Waals surface area contributed by atoms with Crippen LogP contribution in [0.5, 0.6) is 0 Å². The van der Waals surface area contributed by atoms with Crippen molar-refractivity contribution in [2.24, 2.45) is 5.92 Å². The zero-order valence-corrected chi connectivity index (χ0v) is 11.6. The summed E-state index contributed by atoms with van der Waals surface area (Å²) in [5.74, 6) is 0.987. The van der Waals surface area contributed by atoms with Crippen LogP contribution >= 0.6 is 0 Å².